The first-order valence-electron chi connectivity index (χ1n) is 9.35. The molecule has 5 nitrogen and oxygen atoms in total. The second-order valence-electron chi connectivity index (χ2n) is 6.73. The number of rotatable bonds is 10. The highest BCUT2D eigenvalue weighted by molar-refractivity contribution is 5.27. The molecule has 5 heteroatoms. The van der Waals surface area contributed by atoms with Crippen molar-refractivity contribution in [3.63, 3.8) is 0 Å². The van der Waals surface area contributed by atoms with E-state index in [4.69, 9.17) is 9.47 Å². The van der Waals surface area contributed by atoms with Crippen LogP contribution in [0.5, 0.6) is 11.5 Å². The Labute approximate surface area is 166 Å². The predicted octanol–water partition coefficient (Wildman–Crippen LogP) is 3.53. The number of pyridine rings is 1. The lowest BCUT2D eigenvalue weighted by molar-refractivity contribution is 0.0744. The molecule has 3 aromatic rings. The molecule has 0 saturated heterocycles. The summed E-state index contributed by atoms with van der Waals surface area (Å²) in [5.41, 5.74) is 2.06. The Balaban J connectivity index is 1.40. The Morgan fingerprint density at radius 2 is 1.61 bits per heavy atom. The Morgan fingerprint density at radius 3 is 2.32 bits per heavy atom. The van der Waals surface area contributed by atoms with Crippen molar-refractivity contribution in [3.8, 4) is 11.5 Å². The van der Waals surface area contributed by atoms with Gasteiger partial charge >= 0.3 is 0 Å². The minimum absolute atomic E-state index is 0.272. The van der Waals surface area contributed by atoms with E-state index in [1.165, 1.54) is 0 Å². The van der Waals surface area contributed by atoms with E-state index >= 15 is 0 Å². The summed E-state index contributed by atoms with van der Waals surface area (Å²) in [7, 11) is 1.98. The number of aromatic nitrogens is 1. The molecular weight excluding hydrogens is 352 g/mol. The molecule has 0 aliphatic heterocycles. The molecule has 0 unspecified atom stereocenters. The molecule has 0 bridgehead atoms. The maximum Gasteiger partial charge on any atom is 0.130 e. The molecule has 0 spiro atoms. The summed E-state index contributed by atoms with van der Waals surface area (Å²) in [5.74, 6) is 1.58. The average molecular weight is 378 g/mol. The number of ether oxygens (including phenoxy) is 2. The zero-order valence-electron chi connectivity index (χ0n) is 16.1. The molecule has 0 radical (unpaired) electrons. The van der Waals surface area contributed by atoms with Gasteiger partial charge in [-0.15, -0.1) is 0 Å². The van der Waals surface area contributed by atoms with E-state index in [0.717, 1.165) is 29.3 Å². The Morgan fingerprint density at radius 1 is 0.893 bits per heavy atom. The van der Waals surface area contributed by atoms with Gasteiger partial charge in [0, 0.05) is 19.3 Å². The number of hydrogen-bond acceptors (Lipinski definition) is 5. The van der Waals surface area contributed by atoms with Crippen molar-refractivity contribution < 1.29 is 14.6 Å². The second kappa shape index (κ2) is 10.4. The molecule has 0 fully saturated rings. The smallest absolute Gasteiger partial charge is 0.130 e. The maximum atomic E-state index is 10.2. The van der Waals surface area contributed by atoms with Crippen LogP contribution in [0, 0.1) is 0 Å². The highest BCUT2D eigenvalue weighted by Crippen LogP contribution is 2.15. The lowest BCUT2D eigenvalue weighted by Crippen LogP contribution is -2.32. The summed E-state index contributed by atoms with van der Waals surface area (Å²) in [6.45, 7) is 2.00. The monoisotopic (exact) mass is 378 g/mol. The average Bonchev–Trinajstić information content (AvgIpc) is 2.73. The Kier molecular flexibility index (Phi) is 7.41. The maximum absolute atomic E-state index is 10.2. The van der Waals surface area contributed by atoms with E-state index in [1.807, 2.05) is 79.8 Å². The molecule has 0 saturated carbocycles. The van der Waals surface area contributed by atoms with Crippen LogP contribution in [-0.4, -0.2) is 41.3 Å². The van der Waals surface area contributed by atoms with Crippen molar-refractivity contribution >= 4 is 0 Å². The predicted molar refractivity (Wildman–Crippen MR) is 109 cm³/mol. The third-order valence-electron chi connectivity index (χ3n) is 4.20. The summed E-state index contributed by atoms with van der Waals surface area (Å²) in [6.07, 6.45) is 1.21. The van der Waals surface area contributed by atoms with Crippen LogP contribution in [0.3, 0.4) is 0 Å². The van der Waals surface area contributed by atoms with Gasteiger partial charge in [0.25, 0.3) is 0 Å². The van der Waals surface area contributed by atoms with Gasteiger partial charge in [0.2, 0.25) is 0 Å². The fraction of sp³-hybridized carbons (Fsp3) is 0.261. The van der Waals surface area contributed by atoms with Crippen molar-refractivity contribution in [1.82, 2.24) is 9.88 Å². The number of aliphatic hydroxyl groups is 1. The van der Waals surface area contributed by atoms with Gasteiger partial charge in [0.1, 0.15) is 30.8 Å². The lowest BCUT2D eigenvalue weighted by Gasteiger charge is -2.21. The molecular formula is C23H26N2O3. The Bertz CT molecular complexity index is 810. The minimum atomic E-state index is -0.550. The first-order chi connectivity index (χ1) is 13.7. The van der Waals surface area contributed by atoms with Crippen molar-refractivity contribution in [2.75, 3.05) is 20.2 Å². The number of nitrogens with zero attached hydrogens (tertiary/aromatic N) is 2. The number of aliphatic hydroxyl groups excluding tert-OH is 1. The van der Waals surface area contributed by atoms with Crippen molar-refractivity contribution in [3.05, 3.63) is 90.3 Å². The Hall–Kier alpha value is -2.89. The van der Waals surface area contributed by atoms with Gasteiger partial charge in [-0.2, -0.15) is 0 Å². The van der Waals surface area contributed by atoms with Crippen LogP contribution in [0.15, 0.2) is 79.0 Å². The SMILES string of the molecule is CN(Cc1ccc(OCc2ccccn2)cc1)C[C@H](O)COc1ccccc1. The summed E-state index contributed by atoms with van der Waals surface area (Å²) in [5, 5.41) is 10.2. The van der Waals surface area contributed by atoms with E-state index in [9.17, 15) is 5.11 Å². The lowest BCUT2D eigenvalue weighted by atomic mass is 10.2. The van der Waals surface area contributed by atoms with Crippen molar-refractivity contribution in [2.24, 2.45) is 0 Å². The summed E-state index contributed by atoms with van der Waals surface area (Å²) < 4.78 is 11.4. The normalized spacial score (nSPS) is 12.0. The number of likely N-dealkylation sites (N-methyl/N-ethyl adjacent to an activating group) is 1. The third kappa shape index (κ3) is 6.68. The molecule has 0 aliphatic rings. The third-order valence-corrected chi connectivity index (χ3v) is 4.20. The fourth-order valence-corrected chi connectivity index (χ4v) is 2.83. The van der Waals surface area contributed by atoms with Gasteiger partial charge in [0.05, 0.1) is 5.69 Å². The number of benzene rings is 2. The highest BCUT2D eigenvalue weighted by atomic mass is 16.5. The molecule has 1 atom stereocenters. The number of para-hydroxylation sites is 1. The van der Waals surface area contributed by atoms with Gasteiger partial charge in [-0.05, 0) is 49.0 Å². The van der Waals surface area contributed by atoms with Gasteiger partial charge in [0.15, 0.2) is 0 Å². The van der Waals surface area contributed by atoms with Gasteiger partial charge in [-0.1, -0.05) is 36.4 Å². The largest absolute Gasteiger partial charge is 0.491 e. The summed E-state index contributed by atoms with van der Waals surface area (Å²) in [6, 6.07) is 23.3. The quantitative estimate of drug-likeness (QED) is 0.585. The van der Waals surface area contributed by atoms with E-state index in [-0.39, 0.29) is 6.61 Å². The molecule has 1 N–H and O–H groups in total. The molecule has 1 heterocycles. The van der Waals surface area contributed by atoms with E-state index in [2.05, 4.69) is 9.88 Å². The van der Waals surface area contributed by atoms with E-state index in [0.29, 0.717) is 13.2 Å². The first kappa shape index (κ1) is 19.9. The van der Waals surface area contributed by atoms with Gasteiger partial charge in [-0.25, -0.2) is 0 Å². The van der Waals surface area contributed by atoms with E-state index < -0.39 is 6.10 Å². The number of hydrogen-bond donors (Lipinski definition) is 1. The molecule has 0 aliphatic carbocycles. The summed E-state index contributed by atoms with van der Waals surface area (Å²) in [4.78, 5) is 6.32. The van der Waals surface area contributed by atoms with Crippen LogP contribution in [0.25, 0.3) is 0 Å². The first-order valence-corrected chi connectivity index (χ1v) is 9.35. The minimum Gasteiger partial charge on any atom is -0.491 e. The molecule has 1 aromatic heterocycles. The zero-order chi connectivity index (χ0) is 19.6. The molecule has 0 amide bonds. The van der Waals surface area contributed by atoms with Crippen LogP contribution in [-0.2, 0) is 13.2 Å². The van der Waals surface area contributed by atoms with Gasteiger partial charge < -0.3 is 14.6 Å². The van der Waals surface area contributed by atoms with Crippen LogP contribution in [0.4, 0.5) is 0 Å². The van der Waals surface area contributed by atoms with Crippen molar-refractivity contribution in [1.29, 1.82) is 0 Å². The second-order valence-corrected chi connectivity index (χ2v) is 6.73. The zero-order valence-corrected chi connectivity index (χ0v) is 16.1. The van der Waals surface area contributed by atoms with Crippen molar-refractivity contribution in [2.45, 2.75) is 19.3 Å². The van der Waals surface area contributed by atoms with Crippen LogP contribution >= 0.6 is 0 Å². The van der Waals surface area contributed by atoms with Crippen LogP contribution < -0.4 is 9.47 Å². The molecule has 3 rings (SSSR count). The molecule has 2 aromatic carbocycles. The highest BCUT2D eigenvalue weighted by Gasteiger charge is 2.10. The standard InChI is InChI=1S/C23H26N2O3/c1-25(16-21(26)18-28-22-8-3-2-4-9-22)15-19-10-12-23(13-11-19)27-17-20-7-5-6-14-24-20/h2-14,21,26H,15-18H2,1H3/t21-/m0/s1. The fourth-order valence-electron chi connectivity index (χ4n) is 2.83. The molecule has 146 valence electrons. The topological polar surface area (TPSA) is 54.8 Å². The van der Waals surface area contributed by atoms with Gasteiger partial charge in [-0.3, -0.25) is 9.88 Å². The van der Waals surface area contributed by atoms with Crippen LogP contribution in [0.2, 0.25) is 0 Å². The van der Waals surface area contributed by atoms with E-state index in [1.54, 1.807) is 6.20 Å². The summed E-state index contributed by atoms with van der Waals surface area (Å²) >= 11 is 0. The van der Waals surface area contributed by atoms with Crippen LogP contribution in [0.1, 0.15) is 11.3 Å². The molecule has 28 heavy (non-hydrogen) atoms.